The van der Waals surface area contributed by atoms with E-state index in [0.717, 1.165) is 5.56 Å². The zero-order chi connectivity index (χ0) is 9.19. The minimum atomic E-state index is -2.47. The van der Waals surface area contributed by atoms with E-state index < -0.39 is 12.0 Å². The van der Waals surface area contributed by atoms with E-state index in [1.807, 2.05) is 16.8 Å². The number of hydrogen-bond acceptors (Lipinski definition) is 2. The normalized spacial score (nSPS) is 16.4. The van der Waals surface area contributed by atoms with Crippen LogP contribution in [0.1, 0.15) is 12.5 Å². The van der Waals surface area contributed by atoms with Crippen molar-refractivity contribution in [2.75, 3.05) is 0 Å². The molecule has 0 bridgehead atoms. The molecule has 0 amide bonds. The molecule has 0 saturated carbocycles. The first-order chi connectivity index (χ1) is 5.52. The Balaban J connectivity index is 2.62. The van der Waals surface area contributed by atoms with Crippen molar-refractivity contribution < 1.29 is 8.78 Å². The van der Waals surface area contributed by atoms with Crippen LogP contribution in [-0.2, 0) is 6.42 Å². The van der Waals surface area contributed by atoms with Gasteiger partial charge in [-0.1, -0.05) is 0 Å². The van der Waals surface area contributed by atoms with Gasteiger partial charge in [0, 0.05) is 0 Å². The molecule has 12 heavy (non-hydrogen) atoms. The van der Waals surface area contributed by atoms with Crippen LogP contribution in [0.15, 0.2) is 16.8 Å². The second kappa shape index (κ2) is 3.49. The molecule has 0 saturated heterocycles. The third-order valence-corrected chi connectivity index (χ3v) is 2.40. The van der Waals surface area contributed by atoms with Crippen LogP contribution < -0.4 is 5.73 Å². The molecule has 0 aliphatic heterocycles. The van der Waals surface area contributed by atoms with Gasteiger partial charge in [-0.05, 0) is 35.7 Å². The van der Waals surface area contributed by atoms with Crippen molar-refractivity contribution in [3.63, 3.8) is 0 Å². The fraction of sp³-hybridized carbons (Fsp3) is 0.500. The number of hydrogen-bond donors (Lipinski definition) is 1. The molecule has 1 rings (SSSR count). The van der Waals surface area contributed by atoms with Crippen LogP contribution in [0.25, 0.3) is 0 Å². The Morgan fingerprint density at radius 1 is 1.67 bits per heavy atom. The Kier molecular flexibility index (Phi) is 2.80. The van der Waals surface area contributed by atoms with Crippen LogP contribution in [-0.4, -0.2) is 12.0 Å². The predicted molar refractivity (Wildman–Crippen MR) is 46.6 cm³/mol. The monoisotopic (exact) mass is 191 g/mol. The maximum atomic E-state index is 12.3. The van der Waals surface area contributed by atoms with Gasteiger partial charge >= 0.3 is 0 Å². The van der Waals surface area contributed by atoms with E-state index in [9.17, 15) is 8.78 Å². The molecule has 1 heterocycles. The van der Waals surface area contributed by atoms with E-state index in [-0.39, 0.29) is 6.42 Å². The first-order valence-corrected chi connectivity index (χ1v) is 4.55. The van der Waals surface area contributed by atoms with Gasteiger partial charge in [0.1, 0.15) is 0 Å². The lowest BCUT2D eigenvalue weighted by molar-refractivity contribution is 0.0640. The summed E-state index contributed by atoms with van der Waals surface area (Å²) >= 11 is 1.49. The molecule has 68 valence electrons. The molecule has 1 atom stereocenters. The Hall–Kier alpha value is -0.480. The molecule has 4 heteroatoms. The van der Waals surface area contributed by atoms with E-state index in [0.29, 0.717) is 0 Å². The summed E-state index contributed by atoms with van der Waals surface area (Å²) in [5, 5.41) is 3.70. The molecule has 0 aromatic carbocycles. The van der Waals surface area contributed by atoms with Crippen molar-refractivity contribution in [1.29, 1.82) is 0 Å². The average Bonchev–Trinajstić information content (AvgIpc) is 2.38. The first kappa shape index (κ1) is 9.61. The third kappa shape index (κ3) is 2.25. The lowest BCUT2D eigenvalue weighted by Crippen LogP contribution is -2.45. The summed E-state index contributed by atoms with van der Waals surface area (Å²) in [5.41, 5.74) is 4.88. The van der Waals surface area contributed by atoms with Crippen molar-refractivity contribution >= 4 is 11.3 Å². The molecular weight excluding hydrogens is 180 g/mol. The Bertz CT molecular complexity index is 231. The average molecular weight is 191 g/mol. The Labute approximate surface area is 74.2 Å². The third-order valence-electron chi connectivity index (χ3n) is 1.66. The molecular formula is C8H11F2NS. The van der Waals surface area contributed by atoms with E-state index in [4.69, 9.17) is 5.73 Å². The van der Waals surface area contributed by atoms with Crippen molar-refractivity contribution in [3.05, 3.63) is 22.4 Å². The summed E-state index contributed by atoms with van der Waals surface area (Å²) in [6.45, 7) is 1.37. The molecule has 0 fully saturated rings. The highest BCUT2D eigenvalue weighted by molar-refractivity contribution is 7.07. The second-order valence-electron chi connectivity index (χ2n) is 3.11. The van der Waals surface area contributed by atoms with Gasteiger partial charge < -0.3 is 5.73 Å². The number of rotatable bonds is 3. The topological polar surface area (TPSA) is 26.0 Å². The van der Waals surface area contributed by atoms with E-state index >= 15 is 0 Å². The minimum absolute atomic E-state index is 0.230. The standard InChI is InChI=1S/C8H11F2NS/c1-8(11,7(9)10)4-6-2-3-12-5-6/h2-3,5,7H,4,11H2,1H3. The van der Waals surface area contributed by atoms with Gasteiger partial charge in [0.05, 0.1) is 5.54 Å². The van der Waals surface area contributed by atoms with E-state index in [2.05, 4.69) is 0 Å². The van der Waals surface area contributed by atoms with Crippen LogP contribution >= 0.6 is 11.3 Å². The molecule has 0 spiro atoms. The number of halogens is 2. The highest BCUT2D eigenvalue weighted by Crippen LogP contribution is 2.19. The lowest BCUT2D eigenvalue weighted by Gasteiger charge is -2.22. The van der Waals surface area contributed by atoms with Gasteiger partial charge in [0.2, 0.25) is 0 Å². The highest BCUT2D eigenvalue weighted by atomic mass is 32.1. The smallest absolute Gasteiger partial charge is 0.256 e. The van der Waals surface area contributed by atoms with Gasteiger partial charge in [-0.25, -0.2) is 8.78 Å². The fourth-order valence-electron chi connectivity index (χ4n) is 0.910. The van der Waals surface area contributed by atoms with Gasteiger partial charge in [-0.15, -0.1) is 0 Å². The van der Waals surface area contributed by atoms with Crippen LogP contribution in [0.5, 0.6) is 0 Å². The van der Waals surface area contributed by atoms with E-state index in [1.54, 1.807) is 0 Å². The maximum Gasteiger partial charge on any atom is 0.256 e. The summed E-state index contributed by atoms with van der Waals surface area (Å²) < 4.78 is 24.6. The maximum absolute atomic E-state index is 12.3. The zero-order valence-electron chi connectivity index (χ0n) is 6.76. The number of nitrogens with two attached hydrogens (primary N) is 1. The van der Waals surface area contributed by atoms with Gasteiger partial charge in [-0.2, -0.15) is 11.3 Å². The Morgan fingerprint density at radius 3 is 2.75 bits per heavy atom. The largest absolute Gasteiger partial charge is 0.320 e. The highest BCUT2D eigenvalue weighted by Gasteiger charge is 2.30. The van der Waals surface area contributed by atoms with Crippen molar-refractivity contribution in [2.45, 2.75) is 25.3 Å². The van der Waals surface area contributed by atoms with Crippen LogP contribution in [0.2, 0.25) is 0 Å². The number of thiophene rings is 1. The summed E-state index contributed by atoms with van der Waals surface area (Å²) in [6.07, 6.45) is -2.24. The quantitative estimate of drug-likeness (QED) is 0.779. The molecule has 0 aliphatic rings. The van der Waals surface area contributed by atoms with Gasteiger partial charge in [0.25, 0.3) is 6.43 Å². The summed E-state index contributed by atoms with van der Waals surface area (Å²) in [4.78, 5) is 0. The lowest BCUT2D eigenvalue weighted by atomic mass is 9.96. The molecule has 0 radical (unpaired) electrons. The summed E-state index contributed by atoms with van der Waals surface area (Å²) in [7, 11) is 0. The molecule has 2 N–H and O–H groups in total. The van der Waals surface area contributed by atoms with Crippen molar-refractivity contribution in [1.82, 2.24) is 0 Å². The predicted octanol–water partition coefficient (Wildman–Crippen LogP) is 2.27. The van der Waals surface area contributed by atoms with Crippen LogP contribution in [0.4, 0.5) is 8.78 Å². The minimum Gasteiger partial charge on any atom is -0.320 e. The van der Waals surface area contributed by atoms with Gasteiger partial charge in [-0.3, -0.25) is 0 Å². The van der Waals surface area contributed by atoms with Crippen LogP contribution in [0, 0.1) is 0 Å². The molecule has 1 nitrogen and oxygen atoms in total. The second-order valence-corrected chi connectivity index (χ2v) is 3.89. The zero-order valence-corrected chi connectivity index (χ0v) is 7.57. The molecule has 1 aromatic heterocycles. The summed E-state index contributed by atoms with van der Waals surface area (Å²) in [5.74, 6) is 0. The molecule has 1 unspecified atom stereocenters. The molecule has 0 aliphatic carbocycles. The molecule has 1 aromatic rings. The number of alkyl halides is 2. The fourth-order valence-corrected chi connectivity index (χ4v) is 1.58. The Morgan fingerprint density at radius 2 is 2.33 bits per heavy atom. The van der Waals surface area contributed by atoms with Crippen molar-refractivity contribution in [2.24, 2.45) is 5.73 Å². The SMILES string of the molecule is CC(N)(Cc1ccsc1)C(F)F. The first-order valence-electron chi connectivity index (χ1n) is 3.60. The van der Waals surface area contributed by atoms with Gasteiger partial charge in [0.15, 0.2) is 0 Å². The summed E-state index contributed by atoms with van der Waals surface area (Å²) in [6, 6.07) is 1.82. The van der Waals surface area contributed by atoms with Crippen LogP contribution in [0.3, 0.4) is 0 Å². The van der Waals surface area contributed by atoms with E-state index in [1.165, 1.54) is 18.3 Å². The van der Waals surface area contributed by atoms with Crippen molar-refractivity contribution in [3.8, 4) is 0 Å².